The first kappa shape index (κ1) is 23.9. The molecule has 2 aliphatic rings. The second kappa shape index (κ2) is 9.21. The van der Waals surface area contributed by atoms with Crippen LogP contribution in [0.4, 0.5) is 4.79 Å². The second-order valence-electron chi connectivity index (χ2n) is 9.30. The summed E-state index contributed by atoms with van der Waals surface area (Å²) in [6, 6.07) is 16.8. The highest BCUT2D eigenvalue weighted by Gasteiger charge is 2.54. The number of rotatable bonds is 7. The minimum Gasteiger partial charge on any atom is -0.337 e. The SMILES string of the molecule is CC(C)CN(C(=O)CN1C(=O)NC(c2ccccc2)(c2ccccc2)C1=O)[C@H]1CCS(=O)(=O)C1. The Morgan fingerprint density at radius 2 is 1.62 bits per heavy atom. The van der Waals surface area contributed by atoms with Crippen molar-refractivity contribution >= 4 is 27.7 Å². The average molecular weight is 484 g/mol. The summed E-state index contributed by atoms with van der Waals surface area (Å²) in [5.74, 6) is -0.928. The van der Waals surface area contributed by atoms with Crippen molar-refractivity contribution < 1.29 is 22.8 Å². The number of urea groups is 1. The van der Waals surface area contributed by atoms with Crippen LogP contribution in [0.15, 0.2) is 60.7 Å². The molecular weight excluding hydrogens is 454 g/mol. The topological polar surface area (TPSA) is 104 Å². The lowest BCUT2D eigenvalue weighted by Crippen LogP contribution is -2.50. The summed E-state index contributed by atoms with van der Waals surface area (Å²) in [6.45, 7) is 3.78. The molecule has 0 radical (unpaired) electrons. The highest BCUT2D eigenvalue weighted by Crippen LogP contribution is 2.36. The van der Waals surface area contributed by atoms with Gasteiger partial charge < -0.3 is 10.2 Å². The molecule has 0 aliphatic carbocycles. The van der Waals surface area contributed by atoms with E-state index in [1.54, 1.807) is 48.5 Å². The molecule has 180 valence electrons. The van der Waals surface area contributed by atoms with Crippen LogP contribution in [0.1, 0.15) is 31.4 Å². The Balaban J connectivity index is 1.65. The van der Waals surface area contributed by atoms with E-state index in [9.17, 15) is 22.8 Å². The number of hydrogen-bond donors (Lipinski definition) is 1. The fourth-order valence-electron chi connectivity index (χ4n) is 4.75. The molecule has 0 unspecified atom stereocenters. The third-order valence-electron chi connectivity index (χ3n) is 6.34. The fourth-order valence-corrected chi connectivity index (χ4v) is 6.48. The third-order valence-corrected chi connectivity index (χ3v) is 8.09. The zero-order valence-corrected chi connectivity index (χ0v) is 20.1. The molecule has 9 heteroatoms. The van der Waals surface area contributed by atoms with Crippen molar-refractivity contribution in [2.24, 2.45) is 5.92 Å². The van der Waals surface area contributed by atoms with Crippen LogP contribution in [-0.2, 0) is 25.0 Å². The van der Waals surface area contributed by atoms with Crippen molar-refractivity contribution in [1.82, 2.24) is 15.1 Å². The van der Waals surface area contributed by atoms with Gasteiger partial charge in [0.2, 0.25) is 5.91 Å². The Morgan fingerprint density at radius 3 is 2.09 bits per heavy atom. The number of imide groups is 1. The normalized spacial score (nSPS) is 21.0. The number of nitrogens with zero attached hydrogens (tertiary/aromatic N) is 2. The van der Waals surface area contributed by atoms with Gasteiger partial charge in [-0.25, -0.2) is 13.2 Å². The highest BCUT2D eigenvalue weighted by atomic mass is 32.2. The Kier molecular flexibility index (Phi) is 6.49. The van der Waals surface area contributed by atoms with Crippen LogP contribution in [-0.4, -0.2) is 66.7 Å². The molecule has 1 N–H and O–H groups in total. The molecule has 2 aromatic rings. The highest BCUT2D eigenvalue weighted by molar-refractivity contribution is 7.91. The van der Waals surface area contributed by atoms with E-state index in [-0.39, 0.29) is 17.4 Å². The molecule has 0 saturated carbocycles. The standard InChI is InChI=1S/C25H29N3O5S/c1-18(2)15-27(21-13-14-34(32,33)17-21)22(29)16-28-23(30)25(26-24(28)31,19-9-5-3-6-10-19)20-11-7-4-8-12-20/h3-12,18,21H,13-17H2,1-2H3,(H,26,31)/t21-/m0/s1. The van der Waals surface area contributed by atoms with E-state index < -0.39 is 45.8 Å². The van der Waals surface area contributed by atoms with Crippen molar-refractivity contribution in [2.75, 3.05) is 24.6 Å². The van der Waals surface area contributed by atoms with E-state index in [1.165, 1.54) is 4.90 Å². The smallest absolute Gasteiger partial charge is 0.326 e. The Hall–Kier alpha value is -3.20. The zero-order chi connectivity index (χ0) is 24.5. The number of hydrogen-bond acceptors (Lipinski definition) is 5. The Morgan fingerprint density at radius 1 is 1.06 bits per heavy atom. The summed E-state index contributed by atoms with van der Waals surface area (Å²) in [4.78, 5) is 42.7. The predicted molar refractivity (Wildman–Crippen MR) is 128 cm³/mol. The lowest BCUT2D eigenvalue weighted by Gasteiger charge is -2.31. The molecule has 34 heavy (non-hydrogen) atoms. The van der Waals surface area contributed by atoms with Gasteiger partial charge in [-0.05, 0) is 23.5 Å². The lowest BCUT2D eigenvalue weighted by atomic mass is 9.82. The second-order valence-corrected chi connectivity index (χ2v) is 11.5. The van der Waals surface area contributed by atoms with E-state index in [1.807, 2.05) is 26.0 Å². The molecule has 8 nitrogen and oxygen atoms in total. The molecule has 2 heterocycles. The van der Waals surface area contributed by atoms with Gasteiger partial charge in [-0.3, -0.25) is 14.5 Å². The van der Waals surface area contributed by atoms with Crippen LogP contribution >= 0.6 is 0 Å². The van der Waals surface area contributed by atoms with Gasteiger partial charge in [-0.2, -0.15) is 0 Å². The molecule has 2 aliphatic heterocycles. The van der Waals surface area contributed by atoms with Crippen molar-refractivity contribution in [1.29, 1.82) is 0 Å². The summed E-state index contributed by atoms with van der Waals surface area (Å²) in [5, 5.41) is 2.84. The molecular formula is C25H29N3O5S. The molecule has 0 spiro atoms. The van der Waals surface area contributed by atoms with Crippen LogP contribution in [0.5, 0.6) is 0 Å². The predicted octanol–water partition coefficient (Wildman–Crippen LogP) is 2.15. The molecule has 2 fully saturated rings. The molecule has 0 aromatic heterocycles. The summed E-state index contributed by atoms with van der Waals surface area (Å²) < 4.78 is 24.1. The minimum atomic E-state index is -3.20. The molecule has 2 aromatic carbocycles. The largest absolute Gasteiger partial charge is 0.337 e. The quantitative estimate of drug-likeness (QED) is 0.608. The van der Waals surface area contributed by atoms with Crippen molar-refractivity contribution in [3.8, 4) is 0 Å². The third kappa shape index (κ3) is 4.44. The molecule has 0 bridgehead atoms. The van der Waals surface area contributed by atoms with Crippen LogP contribution in [0.2, 0.25) is 0 Å². The maximum Gasteiger partial charge on any atom is 0.326 e. The molecule has 4 rings (SSSR count). The van der Waals surface area contributed by atoms with E-state index in [0.29, 0.717) is 24.1 Å². The minimum absolute atomic E-state index is 0.0355. The van der Waals surface area contributed by atoms with E-state index in [4.69, 9.17) is 0 Å². The Bertz CT molecular complexity index is 1140. The molecule has 1 atom stereocenters. The number of sulfone groups is 1. The van der Waals surface area contributed by atoms with Crippen molar-refractivity contribution in [3.63, 3.8) is 0 Å². The van der Waals surface area contributed by atoms with E-state index in [2.05, 4.69) is 5.32 Å². The number of carbonyl (C=O) groups excluding carboxylic acids is 3. The maximum atomic E-state index is 13.8. The van der Waals surface area contributed by atoms with Crippen LogP contribution in [0, 0.1) is 5.92 Å². The summed E-state index contributed by atoms with van der Waals surface area (Å²) in [5.41, 5.74) is -0.259. The fraction of sp³-hybridized carbons (Fsp3) is 0.400. The van der Waals surface area contributed by atoms with Crippen molar-refractivity contribution in [3.05, 3.63) is 71.8 Å². The van der Waals surface area contributed by atoms with Gasteiger partial charge in [0.05, 0.1) is 11.5 Å². The van der Waals surface area contributed by atoms with Crippen molar-refractivity contribution in [2.45, 2.75) is 31.8 Å². The van der Waals surface area contributed by atoms with Gasteiger partial charge in [-0.1, -0.05) is 74.5 Å². The zero-order valence-electron chi connectivity index (χ0n) is 19.3. The van der Waals surface area contributed by atoms with Gasteiger partial charge in [0, 0.05) is 12.6 Å². The van der Waals surface area contributed by atoms with Gasteiger partial charge >= 0.3 is 6.03 Å². The summed E-state index contributed by atoms with van der Waals surface area (Å²) in [6.07, 6.45) is 0.360. The summed E-state index contributed by atoms with van der Waals surface area (Å²) in [7, 11) is -3.20. The first-order chi connectivity index (χ1) is 16.1. The first-order valence-corrected chi connectivity index (χ1v) is 13.2. The Labute approximate surface area is 199 Å². The monoisotopic (exact) mass is 483 g/mol. The molecule has 4 amide bonds. The van der Waals surface area contributed by atoms with Gasteiger partial charge in [0.1, 0.15) is 6.54 Å². The van der Waals surface area contributed by atoms with E-state index >= 15 is 0 Å². The molecule has 2 saturated heterocycles. The number of benzene rings is 2. The first-order valence-electron chi connectivity index (χ1n) is 11.4. The maximum absolute atomic E-state index is 13.8. The van der Waals surface area contributed by atoms with Gasteiger partial charge in [-0.15, -0.1) is 0 Å². The van der Waals surface area contributed by atoms with Crippen LogP contribution < -0.4 is 5.32 Å². The number of nitrogens with one attached hydrogen (secondary N) is 1. The lowest BCUT2D eigenvalue weighted by molar-refractivity contribution is -0.140. The number of amides is 4. The van der Waals surface area contributed by atoms with Gasteiger partial charge in [0.15, 0.2) is 15.4 Å². The van der Waals surface area contributed by atoms with Crippen LogP contribution in [0.3, 0.4) is 0 Å². The number of carbonyl (C=O) groups is 3. The van der Waals surface area contributed by atoms with E-state index in [0.717, 1.165) is 4.90 Å². The van der Waals surface area contributed by atoms with Gasteiger partial charge in [0.25, 0.3) is 5.91 Å². The average Bonchev–Trinajstić information content (AvgIpc) is 3.30. The summed E-state index contributed by atoms with van der Waals surface area (Å²) >= 11 is 0. The van der Waals surface area contributed by atoms with Crippen LogP contribution in [0.25, 0.3) is 0 Å².